The predicted molar refractivity (Wildman–Crippen MR) is 186 cm³/mol. The number of hydrogen-bond acceptors (Lipinski definition) is 4. The van der Waals surface area contributed by atoms with E-state index in [0.717, 1.165) is 16.2 Å². The summed E-state index contributed by atoms with van der Waals surface area (Å²) >= 11 is 4.20. The zero-order chi connectivity index (χ0) is 37.6. The average molecular weight is 803 g/mol. The lowest BCUT2D eigenvalue weighted by Crippen LogP contribution is -2.30. The molecular formula is C37H23BrF7N3O3S. The molecule has 0 aliphatic carbocycles. The first-order valence-corrected chi connectivity index (χ1v) is 16.6. The van der Waals surface area contributed by atoms with Crippen LogP contribution in [0.25, 0.3) is 6.08 Å². The monoisotopic (exact) mass is 801 g/mol. The number of amides is 3. The normalized spacial score (nSPS) is 12.2. The number of benzene rings is 5. The quantitative estimate of drug-likeness (QED) is 0.0568. The molecule has 0 aromatic heterocycles. The summed E-state index contributed by atoms with van der Waals surface area (Å²) in [5.74, 6) is -12.7. The van der Waals surface area contributed by atoms with Crippen molar-refractivity contribution in [1.29, 1.82) is 0 Å². The van der Waals surface area contributed by atoms with E-state index >= 15 is 0 Å². The molecule has 0 bridgehead atoms. The van der Waals surface area contributed by atoms with Crippen LogP contribution in [0, 0.1) is 23.3 Å². The van der Waals surface area contributed by atoms with E-state index in [9.17, 15) is 45.1 Å². The van der Waals surface area contributed by atoms with E-state index in [4.69, 9.17) is 0 Å². The molecule has 0 aliphatic heterocycles. The van der Waals surface area contributed by atoms with Crippen LogP contribution < -0.4 is 16.0 Å². The molecule has 3 amide bonds. The van der Waals surface area contributed by atoms with Crippen LogP contribution in [0.1, 0.15) is 32.3 Å². The Morgan fingerprint density at radius 2 is 1.31 bits per heavy atom. The van der Waals surface area contributed by atoms with Gasteiger partial charge in [-0.05, 0) is 65.7 Å². The molecule has 0 heterocycles. The van der Waals surface area contributed by atoms with Crippen molar-refractivity contribution in [2.24, 2.45) is 0 Å². The van der Waals surface area contributed by atoms with Crippen molar-refractivity contribution < 1.29 is 45.1 Å². The van der Waals surface area contributed by atoms with Gasteiger partial charge in [0, 0.05) is 20.6 Å². The number of halogens is 8. The van der Waals surface area contributed by atoms with Crippen LogP contribution in [0.2, 0.25) is 0 Å². The van der Waals surface area contributed by atoms with Gasteiger partial charge in [-0.2, -0.15) is 13.2 Å². The van der Waals surface area contributed by atoms with Crippen molar-refractivity contribution in [2.75, 3.05) is 10.6 Å². The van der Waals surface area contributed by atoms with Gasteiger partial charge in [0.1, 0.15) is 22.2 Å². The third-order valence-corrected chi connectivity index (χ3v) is 8.95. The van der Waals surface area contributed by atoms with E-state index in [1.807, 2.05) is 0 Å². The second kappa shape index (κ2) is 16.3. The van der Waals surface area contributed by atoms with Gasteiger partial charge >= 0.3 is 6.18 Å². The summed E-state index contributed by atoms with van der Waals surface area (Å²) in [6, 6.07) is 28.8. The SMILES string of the molecule is O=C(Nc1ccc(SC(C(=O)Nc2c(F)c(F)c(C(F)(F)F)c(F)c2F)c2ccccc2)cc1)/C(=C/c1cccc(Br)c1)NC(=O)c1ccccc1. The highest BCUT2D eigenvalue weighted by Gasteiger charge is 2.43. The summed E-state index contributed by atoms with van der Waals surface area (Å²) in [5.41, 5.74) is -3.12. The lowest BCUT2D eigenvalue weighted by Gasteiger charge is -2.19. The second-order valence-electron chi connectivity index (χ2n) is 10.8. The van der Waals surface area contributed by atoms with E-state index < -0.39 is 63.7 Å². The highest BCUT2D eigenvalue weighted by molar-refractivity contribution is 9.10. The minimum Gasteiger partial charge on any atom is -0.321 e. The number of carbonyl (C=O) groups is 3. The molecule has 0 spiro atoms. The lowest BCUT2D eigenvalue weighted by molar-refractivity contribution is -0.143. The molecule has 6 nitrogen and oxygen atoms in total. The Kier molecular flexibility index (Phi) is 11.9. The maximum atomic E-state index is 14.6. The standard InChI is InChI=1S/C37H23BrF7N3O3S/c38-23-13-7-8-20(18-23)19-26(47-34(49)22-11-5-2-6-12-22)35(50)46-24-14-16-25(17-15-24)52-33(21-9-3-1-4-10-21)36(51)48-32-30(41)28(39)27(37(43,44)45)29(40)31(32)42/h1-19,33H,(H,46,50)(H,47,49)(H,48,51)/b26-19-. The predicted octanol–water partition coefficient (Wildman–Crippen LogP) is 9.91. The van der Waals surface area contributed by atoms with Crippen LogP contribution in [0.4, 0.5) is 42.1 Å². The van der Waals surface area contributed by atoms with Gasteiger partial charge in [-0.25, -0.2) is 17.6 Å². The zero-order valence-corrected chi connectivity index (χ0v) is 28.6. The number of rotatable bonds is 10. The molecule has 52 heavy (non-hydrogen) atoms. The van der Waals surface area contributed by atoms with E-state index in [2.05, 4.69) is 26.6 Å². The second-order valence-corrected chi connectivity index (χ2v) is 12.9. The summed E-state index contributed by atoms with van der Waals surface area (Å²) in [4.78, 5) is 40.1. The third kappa shape index (κ3) is 9.08. The summed E-state index contributed by atoms with van der Waals surface area (Å²) in [5, 5.41) is 5.68. The van der Waals surface area contributed by atoms with Gasteiger partial charge in [0.25, 0.3) is 11.8 Å². The third-order valence-electron chi connectivity index (χ3n) is 7.19. The minimum absolute atomic E-state index is 0.0816. The zero-order valence-electron chi connectivity index (χ0n) is 26.2. The average Bonchev–Trinajstić information content (AvgIpc) is 3.12. The topological polar surface area (TPSA) is 87.3 Å². The summed E-state index contributed by atoms with van der Waals surface area (Å²) in [6.07, 6.45) is -4.27. The molecule has 0 fully saturated rings. The first-order chi connectivity index (χ1) is 24.7. The van der Waals surface area contributed by atoms with Gasteiger partial charge in [0.05, 0.1) is 0 Å². The summed E-state index contributed by atoms with van der Waals surface area (Å²) < 4.78 is 97.7. The fraction of sp³-hybridized carbons (Fsp3) is 0.0541. The Bertz CT molecular complexity index is 2120. The Balaban J connectivity index is 1.37. The fourth-order valence-corrected chi connectivity index (χ4v) is 6.18. The molecular weight excluding hydrogens is 779 g/mol. The number of anilines is 2. The molecule has 5 aromatic carbocycles. The number of nitrogens with one attached hydrogen (secondary N) is 3. The van der Waals surface area contributed by atoms with Crippen LogP contribution in [0.15, 0.2) is 124 Å². The number of thioether (sulfide) groups is 1. The fourth-order valence-electron chi connectivity index (χ4n) is 4.74. The van der Waals surface area contributed by atoms with Crippen LogP contribution >= 0.6 is 27.7 Å². The van der Waals surface area contributed by atoms with E-state index in [-0.39, 0.29) is 16.9 Å². The van der Waals surface area contributed by atoms with Gasteiger partial charge in [-0.15, -0.1) is 11.8 Å². The van der Waals surface area contributed by atoms with Crippen molar-refractivity contribution in [3.05, 3.63) is 165 Å². The minimum atomic E-state index is -5.75. The van der Waals surface area contributed by atoms with Crippen molar-refractivity contribution >= 4 is 62.9 Å². The number of hydrogen-bond donors (Lipinski definition) is 3. The first kappa shape index (κ1) is 37.8. The molecule has 0 saturated heterocycles. The van der Waals surface area contributed by atoms with Crippen LogP contribution in [0.3, 0.4) is 0 Å². The van der Waals surface area contributed by atoms with Crippen molar-refractivity contribution in [1.82, 2.24) is 5.32 Å². The van der Waals surface area contributed by atoms with Crippen molar-refractivity contribution in [3.8, 4) is 0 Å². The lowest BCUT2D eigenvalue weighted by atomic mass is 10.1. The number of alkyl halides is 3. The van der Waals surface area contributed by atoms with Crippen LogP contribution in [-0.4, -0.2) is 17.7 Å². The highest BCUT2D eigenvalue weighted by atomic mass is 79.9. The molecule has 1 atom stereocenters. The molecule has 0 aliphatic rings. The molecule has 5 aromatic rings. The maximum absolute atomic E-state index is 14.6. The molecule has 3 N–H and O–H groups in total. The highest BCUT2D eigenvalue weighted by Crippen LogP contribution is 2.40. The summed E-state index contributed by atoms with van der Waals surface area (Å²) in [6.45, 7) is 0. The molecule has 1 unspecified atom stereocenters. The van der Waals surface area contributed by atoms with E-state index in [0.29, 0.717) is 16.0 Å². The number of carbonyl (C=O) groups excluding carboxylic acids is 3. The Labute approximate surface area is 304 Å². The summed E-state index contributed by atoms with van der Waals surface area (Å²) in [7, 11) is 0. The van der Waals surface area contributed by atoms with Crippen molar-refractivity contribution in [3.63, 3.8) is 0 Å². The Hall–Kier alpha value is -5.41. The molecule has 266 valence electrons. The molecule has 5 rings (SSSR count). The Morgan fingerprint density at radius 1 is 0.712 bits per heavy atom. The van der Waals surface area contributed by atoms with E-state index in [1.165, 1.54) is 42.5 Å². The first-order valence-electron chi connectivity index (χ1n) is 14.9. The van der Waals surface area contributed by atoms with Gasteiger partial charge < -0.3 is 16.0 Å². The Morgan fingerprint density at radius 3 is 1.88 bits per heavy atom. The van der Waals surface area contributed by atoms with E-state index in [1.54, 1.807) is 78.1 Å². The molecule has 0 radical (unpaired) electrons. The maximum Gasteiger partial charge on any atom is 0.422 e. The van der Waals surface area contributed by atoms with Gasteiger partial charge in [0.2, 0.25) is 5.91 Å². The van der Waals surface area contributed by atoms with Crippen LogP contribution in [0.5, 0.6) is 0 Å². The largest absolute Gasteiger partial charge is 0.422 e. The van der Waals surface area contributed by atoms with Gasteiger partial charge in [0.15, 0.2) is 23.3 Å². The van der Waals surface area contributed by atoms with Gasteiger partial charge in [-0.1, -0.05) is 76.6 Å². The molecule has 15 heteroatoms. The van der Waals surface area contributed by atoms with Crippen LogP contribution in [-0.2, 0) is 15.8 Å². The van der Waals surface area contributed by atoms with Crippen molar-refractivity contribution in [2.45, 2.75) is 16.3 Å². The smallest absolute Gasteiger partial charge is 0.321 e. The molecule has 0 saturated carbocycles. The van der Waals surface area contributed by atoms with Gasteiger partial charge in [-0.3, -0.25) is 14.4 Å².